The molecule has 1 saturated carbocycles. The molecule has 30 heavy (non-hydrogen) atoms. The second kappa shape index (κ2) is 9.58. The summed E-state index contributed by atoms with van der Waals surface area (Å²) in [6.45, 7) is 0.542. The van der Waals surface area contributed by atoms with Crippen LogP contribution in [-0.4, -0.2) is 31.9 Å². The Morgan fingerprint density at radius 2 is 1.93 bits per heavy atom. The zero-order chi connectivity index (χ0) is 21.0. The summed E-state index contributed by atoms with van der Waals surface area (Å²) in [5.41, 5.74) is 1.64. The second-order valence-corrected chi connectivity index (χ2v) is 11.1. The Bertz CT molecular complexity index is 971. The highest BCUT2D eigenvalue weighted by atomic mass is 32.2. The van der Waals surface area contributed by atoms with Gasteiger partial charge in [0.25, 0.3) is 5.91 Å². The normalized spacial score (nSPS) is 17.1. The van der Waals surface area contributed by atoms with Crippen LogP contribution in [0.5, 0.6) is 0 Å². The number of thiazole rings is 1. The van der Waals surface area contributed by atoms with Gasteiger partial charge in [-0.05, 0) is 63.1 Å². The fourth-order valence-electron chi connectivity index (χ4n) is 4.19. The quantitative estimate of drug-likeness (QED) is 0.605. The van der Waals surface area contributed by atoms with Crippen molar-refractivity contribution in [2.75, 3.05) is 6.54 Å². The summed E-state index contributed by atoms with van der Waals surface area (Å²) in [6, 6.07) is 6.28. The summed E-state index contributed by atoms with van der Waals surface area (Å²) in [6.07, 6.45) is 10.3. The molecule has 6 nitrogen and oxygen atoms in total. The molecule has 4 rings (SSSR count). The molecule has 0 radical (unpaired) electrons. The second-order valence-electron chi connectivity index (χ2n) is 8.17. The number of benzene rings is 1. The van der Waals surface area contributed by atoms with Crippen LogP contribution in [0.15, 0.2) is 29.2 Å². The number of nitrogens with zero attached hydrogens (tertiary/aromatic N) is 1. The lowest BCUT2D eigenvalue weighted by Gasteiger charge is -2.13. The van der Waals surface area contributed by atoms with Crippen molar-refractivity contribution >= 4 is 27.3 Å². The van der Waals surface area contributed by atoms with Crippen LogP contribution in [0.3, 0.4) is 0 Å². The van der Waals surface area contributed by atoms with Crippen LogP contribution in [0.25, 0.3) is 0 Å². The minimum absolute atomic E-state index is 0.00371. The van der Waals surface area contributed by atoms with Crippen LogP contribution in [0.1, 0.15) is 70.9 Å². The van der Waals surface area contributed by atoms with Crippen LogP contribution in [-0.2, 0) is 29.3 Å². The van der Waals surface area contributed by atoms with E-state index >= 15 is 0 Å². The third kappa shape index (κ3) is 5.28. The van der Waals surface area contributed by atoms with Gasteiger partial charge >= 0.3 is 0 Å². The van der Waals surface area contributed by atoms with E-state index in [2.05, 4.69) is 10.0 Å². The molecule has 0 saturated heterocycles. The Morgan fingerprint density at radius 3 is 2.73 bits per heavy atom. The summed E-state index contributed by atoms with van der Waals surface area (Å²) < 4.78 is 28.0. The van der Waals surface area contributed by atoms with Crippen molar-refractivity contribution in [3.8, 4) is 0 Å². The fourth-order valence-corrected chi connectivity index (χ4v) is 6.74. The van der Waals surface area contributed by atoms with Gasteiger partial charge < -0.3 is 5.32 Å². The van der Waals surface area contributed by atoms with Crippen molar-refractivity contribution in [1.29, 1.82) is 0 Å². The number of hydrogen-bond acceptors (Lipinski definition) is 5. The number of fused-ring (bicyclic) bond motifs is 1. The van der Waals surface area contributed by atoms with Gasteiger partial charge in [-0.15, -0.1) is 11.3 Å². The van der Waals surface area contributed by atoms with Gasteiger partial charge in [-0.25, -0.2) is 18.1 Å². The molecule has 1 aromatic heterocycles. The zero-order valence-electron chi connectivity index (χ0n) is 17.2. The SMILES string of the molecule is O=C(NCCCc1nc2c(s1)CCCC2)c1cccc(S(=O)(=O)NC2CCCC2)c1. The van der Waals surface area contributed by atoms with Crippen molar-refractivity contribution in [3.05, 3.63) is 45.4 Å². The van der Waals surface area contributed by atoms with Crippen molar-refractivity contribution in [3.63, 3.8) is 0 Å². The molecule has 2 aliphatic rings. The van der Waals surface area contributed by atoms with E-state index in [1.165, 1.54) is 35.5 Å². The molecule has 0 unspecified atom stereocenters. The van der Waals surface area contributed by atoms with Crippen LogP contribution >= 0.6 is 11.3 Å². The van der Waals surface area contributed by atoms with E-state index in [1.54, 1.807) is 12.1 Å². The van der Waals surface area contributed by atoms with E-state index in [-0.39, 0.29) is 16.8 Å². The fraction of sp³-hybridized carbons (Fsp3) is 0.545. The van der Waals surface area contributed by atoms with Gasteiger partial charge in [-0.2, -0.15) is 0 Å². The molecule has 2 N–H and O–H groups in total. The van der Waals surface area contributed by atoms with E-state index in [9.17, 15) is 13.2 Å². The molecular formula is C22H29N3O3S2. The third-order valence-electron chi connectivity index (χ3n) is 5.83. The summed E-state index contributed by atoms with van der Waals surface area (Å²) >= 11 is 1.81. The smallest absolute Gasteiger partial charge is 0.251 e. The molecule has 1 amide bonds. The largest absolute Gasteiger partial charge is 0.352 e. The van der Waals surface area contributed by atoms with Gasteiger partial charge in [0.2, 0.25) is 10.0 Å². The lowest BCUT2D eigenvalue weighted by Crippen LogP contribution is -2.33. The molecule has 0 atom stereocenters. The lowest BCUT2D eigenvalue weighted by molar-refractivity contribution is 0.0953. The first-order valence-corrected chi connectivity index (χ1v) is 13.2. The van der Waals surface area contributed by atoms with Crippen LogP contribution < -0.4 is 10.0 Å². The highest BCUT2D eigenvalue weighted by molar-refractivity contribution is 7.89. The molecule has 2 aromatic rings. The van der Waals surface area contributed by atoms with Crippen molar-refractivity contribution < 1.29 is 13.2 Å². The first-order valence-electron chi connectivity index (χ1n) is 10.9. The molecule has 8 heteroatoms. The number of nitrogens with one attached hydrogen (secondary N) is 2. The number of aryl methyl sites for hydroxylation is 3. The zero-order valence-corrected chi connectivity index (χ0v) is 18.8. The summed E-state index contributed by atoms with van der Waals surface area (Å²) in [5, 5.41) is 4.06. The third-order valence-corrected chi connectivity index (χ3v) is 8.56. The molecule has 0 spiro atoms. The molecule has 0 bridgehead atoms. The summed E-state index contributed by atoms with van der Waals surface area (Å²) in [4.78, 5) is 18.8. The number of sulfonamides is 1. The van der Waals surface area contributed by atoms with Gasteiger partial charge in [-0.3, -0.25) is 4.79 Å². The van der Waals surface area contributed by atoms with E-state index in [1.807, 2.05) is 11.3 Å². The van der Waals surface area contributed by atoms with E-state index in [4.69, 9.17) is 4.98 Å². The van der Waals surface area contributed by atoms with Crippen LogP contribution in [0, 0.1) is 0 Å². The molecular weight excluding hydrogens is 418 g/mol. The molecule has 1 heterocycles. The standard InChI is InChI=1S/C22H29N3O3S2/c26-22(23-14-6-13-21-24-19-11-3-4-12-20(19)29-21)16-7-5-10-18(15-16)30(27,28)25-17-8-1-2-9-17/h5,7,10,15,17,25H,1-4,6,8-9,11-14H2,(H,23,26). The monoisotopic (exact) mass is 447 g/mol. The first kappa shape index (κ1) is 21.5. The highest BCUT2D eigenvalue weighted by Crippen LogP contribution is 2.27. The van der Waals surface area contributed by atoms with Gasteiger partial charge in [0, 0.05) is 29.4 Å². The number of carbonyl (C=O) groups excluding carboxylic acids is 1. The minimum Gasteiger partial charge on any atom is -0.352 e. The average Bonchev–Trinajstić information content (AvgIpc) is 3.40. The maximum absolute atomic E-state index is 12.6. The molecule has 1 fully saturated rings. The Kier molecular flexibility index (Phi) is 6.85. The van der Waals surface area contributed by atoms with Crippen LogP contribution in [0.4, 0.5) is 0 Å². The number of rotatable bonds is 8. The Hall–Kier alpha value is -1.77. The first-order chi connectivity index (χ1) is 14.5. The summed E-state index contributed by atoms with van der Waals surface area (Å²) in [5.74, 6) is -0.244. The van der Waals surface area contributed by atoms with Crippen molar-refractivity contribution in [2.24, 2.45) is 0 Å². The number of hydrogen-bond donors (Lipinski definition) is 2. The Labute approximate surface area is 182 Å². The average molecular weight is 448 g/mol. The van der Waals surface area contributed by atoms with E-state index in [0.29, 0.717) is 12.1 Å². The van der Waals surface area contributed by atoms with Gasteiger partial charge in [-0.1, -0.05) is 18.9 Å². The summed E-state index contributed by atoms with van der Waals surface area (Å²) in [7, 11) is -3.60. The number of amides is 1. The predicted octanol–water partition coefficient (Wildman–Crippen LogP) is 3.61. The lowest BCUT2D eigenvalue weighted by atomic mass is 10.0. The predicted molar refractivity (Wildman–Crippen MR) is 118 cm³/mol. The van der Waals surface area contributed by atoms with Gasteiger partial charge in [0.15, 0.2) is 0 Å². The minimum atomic E-state index is -3.60. The van der Waals surface area contributed by atoms with E-state index in [0.717, 1.165) is 56.4 Å². The van der Waals surface area contributed by atoms with Gasteiger partial charge in [0.05, 0.1) is 15.6 Å². The van der Waals surface area contributed by atoms with Crippen molar-refractivity contribution in [1.82, 2.24) is 15.0 Å². The maximum Gasteiger partial charge on any atom is 0.251 e. The molecule has 162 valence electrons. The Balaban J connectivity index is 1.29. The van der Waals surface area contributed by atoms with Gasteiger partial charge in [0.1, 0.15) is 0 Å². The Morgan fingerprint density at radius 1 is 1.13 bits per heavy atom. The molecule has 0 aliphatic heterocycles. The maximum atomic E-state index is 12.6. The van der Waals surface area contributed by atoms with Crippen molar-refractivity contribution in [2.45, 2.75) is 75.1 Å². The molecule has 2 aliphatic carbocycles. The van der Waals surface area contributed by atoms with E-state index < -0.39 is 10.0 Å². The van der Waals surface area contributed by atoms with Crippen LogP contribution in [0.2, 0.25) is 0 Å². The molecule has 1 aromatic carbocycles. The number of aromatic nitrogens is 1. The number of carbonyl (C=O) groups is 1. The highest BCUT2D eigenvalue weighted by Gasteiger charge is 2.23. The topological polar surface area (TPSA) is 88.2 Å².